The van der Waals surface area contributed by atoms with Gasteiger partial charge < -0.3 is 4.74 Å². The van der Waals surface area contributed by atoms with E-state index in [9.17, 15) is 4.79 Å². The zero-order valence-electron chi connectivity index (χ0n) is 9.36. The van der Waals surface area contributed by atoms with Crippen LogP contribution in [-0.4, -0.2) is 33.9 Å². The Kier molecular flexibility index (Phi) is 2.56. The number of carbonyl (C=O) groups is 1. The van der Waals surface area contributed by atoms with Crippen molar-refractivity contribution in [2.45, 2.75) is 24.9 Å². The van der Waals surface area contributed by atoms with E-state index >= 15 is 0 Å². The quantitative estimate of drug-likeness (QED) is 0.663. The average Bonchev–Trinajstić information content (AvgIpc) is 2.34. The zero-order valence-corrected chi connectivity index (χ0v) is 10.1. The number of fused-ring (bicyclic) bond motifs is 1. The first-order chi connectivity index (χ1) is 8.19. The molecule has 0 saturated carbocycles. The van der Waals surface area contributed by atoms with Gasteiger partial charge in [-0.1, -0.05) is 0 Å². The first kappa shape index (κ1) is 11.0. The number of ether oxygens (including phenoxy) is 1. The highest BCUT2D eigenvalue weighted by atomic mass is 35.5. The molecule has 2 aliphatic rings. The number of hydrogen-bond donors (Lipinski definition) is 0. The van der Waals surface area contributed by atoms with Gasteiger partial charge in [0, 0.05) is 32.1 Å². The summed E-state index contributed by atoms with van der Waals surface area (Å²) in [6.45, 7) is 1.49. The Labute approximate surface area is 105 Å². The number of hydrogen-bond acceptors (Lipinski definition) is 4. The molecule has 1 aromatic rings. The lowest BCUT2D eigenvalue weighted by atomic mass is 9.84. The number of carbonyl (C=O) groups excluding carboxylic acids is 1. The summed E-state index contributed by atoms with van der Waals surface area (Å²) in [5, 5.41) is 0. The monoisotopic (exact) mass is 252 g/mol. The third-order valence-electron chi connectivity index (χ3n) is 3.49. The highest BCUT2D eigenvalue weighted by Crippen LogP contribution is 2.38. The van der Waals surface area contributed by atoms with Crippen LogP contribution >= 0.6 is 11.8 Å². The molecule has 2 aliphatic heterocycles. The van der Waals surface area contributed by atoms with Crippen LogP contribution < -0.4 is 4.74 Å². The molecule has 3 rings (SSSR count). The molecule has 5 heteroatoms. The number of halogens is 1. The maximum absolute atomic E-state index is 12.1. The SMILES string of the molecule is O=C1CC2(CCN(Cl)CC2)Oc2ncccc21. The predicted octanol–water partition coefficient (Wildman–Crippen LogP) is 2.04. The van der Waals surface area contributed by atoms with Gasteiger partial charge in [0.05, 0.1) is 12.0 Å². The van der Waals surface area contributed by atoms with Gasteiger partial charge >= 0.3 is 0 Å². The standard InChI is InChI=1S/C12H13ClN2O2/c13-15-6-3-12(4-7-15)8-10(16)9-2-1-5-14-11(9)17-12/h1-2,5H,3-4,6-8H2. The minimum absolute atomic E-state index is 0.127. The third kappa shape index (κ3) is 1.91. The Balaban J connectivity index is 1.91. The normalized spacial score (nSPS) is 23.2. The van der Waals surface area contributed by atoms with Gasteiger partial charge in [0.25, 0.3) is 0 Å². The molecule has 0 unspecified atom stereocenters. The molecule has 1 aromatic heterocycles. The molecule has 0 aromatic carbocycles. The molecule has 1 fully saturated rings. The van der Waals surface area contributed by atoms with Crippen molar-refractivity contribution in [2.24, 2.45) is 0 Å². The number of piperidine rings is 1. The summed E-state index contributed by atoms with van der Waals surface area (Å²) >= 11 is 5.93. The Bertz CT molecular complexity index is 456. The number of aromatic nitrogens is 1. The van der Waals surface area contributed by atoms with Crippen molar-refractivity contribution < 1.29 is 9.53 Å². The van der Waals surface area contributed by atoms with E-state index < -0.39 is 0 Å². The second-order valence-electron chi connectivity index (χ2n) is 4.65. The number of rotatable bonds is 0. The first-order valence-corrected chi connectivity index (χ1v) is 6.10. The highest BCUT2D eigenvalue weighted by Gasteiger charge is 2.43. The molecule has 0 aliphatic carbocycles. The Morgan fingerprint density at radius 2 is 2.18 bits per heavy atom. The Morgan fingerprint density at radius 1 is 1.41 bits per heavy atom. The van der Waals surface area contributed by atoms with Crippen molar-refractivity contribution in [3.8, 4) is 5.88 Å². The fourth-order valence-electron chi connectivity index (χ4n) is 2.48. The maximum Gasteiger partial charge on any atom is 0.224 e. The van der Waals surface area contributed by atoms with Crippen LogP contribution in [0.5, 0.6) is 5.88 Å². The molecule has 0 bridgehead atoms. The Hall–Kier alpha value is -1.13. The topological polar surface area (TPSA) is 42.4 Å². The second kappa shape index (κ2) is 3.96. The zero-order chi connectivity index (χ0) is 11.9. The van der Waals surface area contributed by atoms with Crippen molar-refractivity contribution in [1.29, 1.82) is 0 Å². The fraction of sp³-hybridized carbons (Fsp3) is 0.500. The van der Waals surface area contributed by atoms with E-state index in [1.165, 1.54) is 0 Å². The summed E-state index contributed by atoms with van der Waals surface area (Å²) < 4.78 is 7.70. The number of pyridine rings is 1. The molecule has 1 saturated heterocycles. The van der Waals surface area contributed by atoms with Crippen LogP contribution in [0.1, 0.15) is 29.6 Å². The van der Waals surface area contributed by atoms with Gasteiger partial charge in [-0.25, -0.2) is 9.40 Å². The number of nitrogens with zero attached hydrogens (tertiary/aromatic N) is 2. The first-order valence-electron chi connectivity index (χ1n) is 5.77. The summed E-state index contributed by atoms with van der Waals surface area (Å²) in [6.07, 6.45) is 3.65. The van der Waals surface area contributed by atoms with Crippen LogP contribution in [0.3, 0.4) is 0 Å². The van der Waals surface area contributed by atoms with Crippen molar-refractivity contribution in [2.75, 3.05) is 13.1 Å². The Morgan fingerprint density at radius 3 is 2.94 bits per heavy atom. The molecule has 4 nitrogen and oxygen atoms in total. The van der Waals surface area contributed by atoms with Gasteiger partial charge in [-0.05, 0) is 23.9 Å². The second-order valence-corrected chi connectivity index (χ2v) is 5.13. The van der Waals surface area contributed by atoms with Gasteiger partial charge in [0.1, 0.15) is 5.60 Å². The predicted molar refractivity (Wildman–Crippen MR) is 63.2 cm³/mol. The molecule has 0 radical (unpaired) electrons. The molecule has 0 N–H and O–H groups in total. The fourth-order valence-corrected chi connectivity index (χ4v) is 2.65. The van der Waals surface area contributed by atoms with E-state index in [1.54, 1.807) is 22.7 Å². The smallest absolute Gasteiger partial charge is 0.224 e. The largest absolute Gasteiger partial charge is 0.470 e. The van der Waals surface area contributed by atoms with Gasteiger partial charge in [0.15, 0.2) is 5.78 Å². The van der Waals surface area contributed by atoms with Crippen LogP contribution in [0.2, 0.25) is 0 Å². The molecular formula is C12H13ClN2O2. The number of Topliss-reactive ketones (excluding diaryl/α,β-unsaturated/α-hetero) is 1. The van der Waals surface area contributed by atoms with E-state index in [-0.39, 0.29) is 11.4 Å². The van der Waals surface area contributed by atoms with Crippen LogP contribution in [0, 0.1) is 0 Å². The van der Waals surface area contributed by atoms with E-state index in [2.05, 4.69) is 4.98 Å². The summed E-state index contributed by atoms with van der Waals surface area (Å²) in [5.41, 5.74) is 0.218. The average molecular weight is 253 g/mol. The van der Waals surface area contributed by atoms with Crippen LogP contribution in [0.4, 0.5) is 0 Å². The summed E-state index contributed by atoms with van der Waals surface area (Å²) in [7, 11) is 0. The molecule has 1 spiro atoms. The lowest BCUT2D eigenvalue weighted by molar-refractivity contribution is 0.00245. The maximum atomic E-state index is 12.1. The molecule has 90 valence electrons. The molecular weight excluding hydrogens is 240 g/mol. The lowest BCUT2D eigenvalue weighted by Gasteiger charge is -2.41. The van der Waals surface area contributed by atoms with Crippen molar-refractivity contribution in [3.05, 3.63) is 23.9 Å². The molecule has 17 heavy (non-hydrogen) atoms. The van der Waals surface area contributed by atoms with Crippen LogP contribution in [0.25, 0.3) is 0 Å². The summed E-state index contributed by atoms with van der Waals surface area (Å²) in [6, 6.07) is 3.54. The van der Waals surface area contributed by atoms with Crippen molar-refractivity contribution in [3.63, 3.8) is 0 Å². The summed E-state index contributed by atoms with van der Waals surface area (Å²) in [4.78, 5) is 16.2. The van der Waals surface area contributed by atoms with Crippen molar-refractivity contribution in [1.82, 2.24) is 9.40 Å². The van der Waals surface area contributed by atoms with Crippen molar-refractivity contribution >= 4 is 17.6 Å². The minimum Gasteiger partial charge on any atom is -0.470 e. The molecule has 0 amide bonds. The van der Waals surface area contributed by atoms with E-state index in [0.29, 0.717) is 17.9 Å². The van der Waals surface area contributed by atoms with Crippen LogP contribution in [0.15, 0.2) is 18.3 Å². The van der Waals surface area contributed by atoms with Crippen LogP contribution in [-0.2, 0) is 0 Å². The number of ketones is 1. The molecule has 3 heterocycles. The van der Waals surface area contributed by atoms with E-state index in [4.69, 9.17) is 16.5 Å². The van der Waals surface area contributed by atoms with Gasteiger partial charge in [0.2, 0.25) is 5.88 Å². The minimum atomic E-state index is -0.385. The van der Waals surface area contributed by atoms with E-state index in [1.807, 2.05) is 0 Å². The van der Waals surface area contributed by atoms with E-state index in [0.717, 1.165) is 25.9 Å². The van der Waals surface area contributed by atoms with Gasteiger partial charge in [-0.2, -0.15) is 0 Å². The summed E-state index contributed by atoms with van der Waals surface area (Å²) in [5.74, 6) is 0.606. The third-order valence-corrected chi connectivity index (χ3v) is 3.83. The lowest BCUT2D eigenvalue weighted by Crippen LogP contribution is -2.49. The molecule has 0 atom stereocenters. The van der Waals surface area contributed by atoms with Gasteiger partial charge in [-0.15, -0.1) is 0 Å². The highest BCUT2D eigenvalue weighted by molar-refractivity contribution is 6.13. The van der Waals surface area contributed by atoms with Gasteiger partial charge in [-0.3, -0.25) is 4.79 Å².